The lowest BCUT2D eigenvalue weighted by molar-refractivity contribution is 0.643. The van der Waals surface area contributed by atoms with Crippen LogP contribution in [0.2, 0.25) is 0 Å². The monoisotopic (exact) mass is 224 g/mol. The smallest absolute Gasteiger partial charge is 0.0106 e. The van der Waals surface area contributed by atoms with Gasteiger partial charge < -0.3 is 10.6 Å². The third-order valence-electron chi connectivity index (χ3n) is 2.02. The molecule has 1 aromatic carbocycles. The molecule has 0 saturated carbocycles. The van der Waals surface area contributed by atoms with Crippen molar-refractivity contribution in [1.29, 1.82) is 0 Å². The number of benzene rings is 1. The van der Waals surface area contributed by atoms with Crippen molar-refractivity contribution in [2.75, 3.05) is 31.9 Å². The Morgan fingerprint density at radius 1 is 1.00 bits per heavy atom. The number of hydrogen-bond acceptors (Lipinski definition) is 3. The second-order valence-corrected chi connectivity index (χ2v) is 4.43. The molecule has 0 aliphatic rings. The third kappa shape index (κ3) is 6.55. The van der Waals surface area contributed by atoms with E-state index in [1.165, 1.54) is 4.90 Å². The zero-order chi connectivity index (χ0) is 10.8. The second kappa shape index (κ2) is 8.77. The molecule has 0 spiro atoms. The zero-order valence-electron chi connectivity index (χ0n) is 9.33. The molecule has 0 aliphatic carbocycles. The fraction of sp³-hybridized carbons (Fsp3) is 0.500. The lowest BCUT2D eigenvalue weighted by Crippen LogP contribution is -2.28. The van der Waals surface area contributed by atoms with Crippen LogP contribution < -0.4 is 10.6 Å². The summed E-state index contributed by atoms with van der Waals surface area (Å²) in [7, 11) is 0. The Kier molecular flexibility index (Phi) is 7.34. The molecule has 0 fully saturated rings. The Hall–Kier alpha value is -0.510. The van der Waals surface area contributed by atoms with E-state index < -0.39 is 0 Å². The van der Waals surface area contributed by atoms with Crippen molar-refractivity contribution in [2.24, 2.45) is 0 Å². The van der Waals surface area contributed by atoms with Gasteiger partial charge in [0.25, 0.3) is 0 Å². The van der Waals surface area contributed by atoms with Crippen LogP contribution in [0.1, 0.15) is 6.92 Å². The standard InChI is InChI=1S/C12H20N2S/c1-2-13-8-9-14-10-11-15-12-6-4-3-5-7-12/h3-7,13-14H,2,8-11H2,1H3. The zero-order valence-corrected chi connectivity index (χ0v) is 10.1. The van der Waals surface area contributed by atoms with Gasteiger partial charge in [0.15, 0.2) is 0 Å². The predicted molar refractivity (Wildman–Crippen MR) is 68.6 cm³/mol. The predicted octanol–water partition coefficient (Wildman–Crippen LogP) is 1.98. The lowest BCUT2D eigenvalue weighted by atomic mass is 10.4. The van der Waals surface area contributed by atoms with Crippen molar-refractivity contribution >= 4 is 11.8 Å². The van der Waals surface area contributed by atoms with Gasteiger partial charge in [0, 0.05) is 30.3 Å². The van der Waals surface area contributed by atoms with Crippen LogP contribution >= 0.6 is 11.8 Å². The number of hydrogen-bond donors (Lipinski definition) is 2. The Bertz CT molecular complexity index is 239. The van der Waals surface area contributed by atoms with Crippen LogP contribution in [-0.4, -0.2) is 31.9 Å². The Labute approximate surface area is 96.8 Å². The molecular formula is C12H20N2S. The summed E-state index contributed by atoms with van der Waals surface area (Å²) >= 11 is 1.90. The maximum atomic E-state index is 3.41. The summed E-state index contributed by atoms with van der Waals surface area (Å²) in [4.78, 5) is 1.35. The average molecular weight is 224 g/mol. The fourth-order valence-electron chi connectivity index (χ4n) is 1.24. The lowest BCUT2D eigenvalue weighted by Gasteiger charge is -2.04. The van der Waals surface area contributed by atoms with Crippen LogP contribution in [0.15, 0.2) is 35.2 Å². The van der Waals surface area contributed by atoms with Crippen LogP contribution in [0.3, 0.4) is 0 Å². The van der Waals surface area contributed by atoms with Crippen molar-refractivity contribution in [2.45, 2.75) is 11.8 Å². The van der Waals surface area contributed by atoms with Gasteiger partial charge in [-0.3, -0.25) is 0 Å². The first-order valence-electron chi connectivity index (χ1n) is 5.52. The molecule has 15 heavy (non-hydrogen) atoms. The Morgan fingerprint density at radius 3 is 2.47 bits per heavy atom. The molecule has 0 saturated heterocycles. The first-order valence-corrected chi connectivity index (χ1v) is 6.51. The van der Waals surface area contributed by atoms with Crippen LogP contribution in [0, 0.1) is 0 Å². The van der Waals surface area contributed by atoms with Gasteiger partial charge in [0.1, 0.15) is 0 Å². The summed E-state index contributed by atoms with van der Waals surface area (Å²) in [5.41, 5.74) is 0. The fourth-order valence-corrected chi connectivity index (χ4v) is 2.07. The van der Waals surface area contributed by atoms with Crippen molar-refractivity contribution < 1.29 is 0 Å². The molecule has 0 aliphatic heterocycles. The first kappa shape index (κ1) is 12.6. The van der Waals surface area contributed by atoms with Crippen LogP contribution in [0.25, 0.3) is 0 Å². The Balaban J connectivity index is 1.93. The highest BCUT2D eigenvalue weighted by Crippen LogP contribution is 2.15. The molecular weight excluding hydrogens is 204 g/mol. The number of nitrogens with one attached hydrogen (secondary N) is 2. The minimum Gasteiger partial charge on any atom is -0.316 e. The minimum absolute atomic E-state index is 1.06. The van der Waals surface area contributed by atoms with Gasteiger partial charge in [-0.25, -0.2) is 0 Å². The third-order valence-corrected chi connectivity index (χ3v) is 3.03. The van der Waals surface area contributed by atoms with Gasteiger partial charge in [-0.05, 0) is 18.7 Å². The number of thioether (sulfide) groups is 1. The minimum atomic E-state index is 1.06. The summed E-state index contributed by atoms with van der Waals surface area (Å²) in [5, 5.41) is 6.69. The average Bonchev–Trinajstić information content (AvgIpc) is 2.29. The van der Waals surface area contributed by atoms with E-state index in [0.29, 0.717) is 0 Å². The molecule has 3 heteroatoms. The molecule has 0 radical (unpaired) electrons. The van der Waals surface area contributed by atoms with E-state index >= 15 is 0 Å². The van der Waals surface area contributed by atoms with E-state index in [9.17, 15) is 0 Å². The molecule has 1 rings (SSSR count). The summed E-state index contributed by atoms with van der Waals surface area (Å²) in [6.45, 7) is 6.38. The van der Waals surface area contributed by atoms with Crippen LogP contribution in [0.5, 0.6) is 0 Å². The SMILES string of the molecule is CCNCCNCCSc1ccccc1. The summed E-state index contributed by atoms with van der Waals surface area (Å²) < 4.78 is 0. The topological polar surface area (TPSA) is 24.1 Å². The van der Waals surface area contributed by atoms with E-state index in [2.05, 4.69) is 47.9 Å². The summed E-state index contributed by atoms with van der Waals surface area (Å²) in [6.07, 6.45) is 0. The highest BCUT2D eigenvalue weighted by molar-refractivity contribution is 7.99. The van der Waals surface area contributed by atoms with Crippen molar-refractivity contribution in [1.82, 2.24) is 10.6 Å². The molecule has 0 bridgehead atoms. The van der Waals surface area contributed by atoms with Gasteiger partial charge in [-0.1, -0.05) is 25.1 Å². The second-order valence-electron chi connectivity index (χ2n) is 3.27. The first-order chi connectivity index (χ1) is 7.43. The van der Waals surface area contributed by atoms with E-state index in [-0.39, 0.29) is 0 Å². The van der Waals surface area contributed by atoms with E-state index in [1.807, 2.05) is 11.8 Å². The van der Waals surface area contributed by atoms with Crippen molar-refractivity contribution in [3.05, 3.63) is 30.3 Å². The van der Waals surface area contributed by atoms with Gasteiger partial charge in [0.2, 0.25) is 0 Å². The summed E-state index contributed by atoms with van der Waals surface area (Å²) in [5.74, 6) is 1.14. The Morgan fingerprint density at radius 2 is 1.73 bits per heavy atom. The summed E-state index contributed by atoms with van der Waals surface area (Å²) in [6, 6.07) is 10.5. The number of likely N-dealkylation sites (N-methyl/N-ethyl adjacent to an activating group) is 1. The van der Waals surface area contributed by atoms with Crippen LogP contribution in [0.4, 0.5) is 0 Å². The molecule has 84 valence electrons. The van der Waals surface area contributed by atoms with Crippen LogP contribution in [-0.2, 0) is 0 Å². The highest BCUT2D eigenvalue weighted by Gasteiger charge is 1.91. The molecule has 0 atom stereocenters. The molecule has 2 N–H and O–H groups in total. The van der Waals surface area contributed by atoms with E-state index in [1.54, 1.807) is 0 Å². The largest absolute Gasteiger partial charge is 0.316 e. The molecule has 0 unspecified atom stereocenters. The molecule has 1 aromatic rings. The number of rotatable bonds is 8. The molecule has 0 amide bonds. The molecule has 0 heterocycles. The van der Waals surface area contributed by atoms with Gasteiger partial charge in [-0.2, -0.15) is 0 Å². The van der Waals surface area contributed by atoms with E-state index in [0.717, 1.165) is 31.9 Å². The maximum Gasteiger partial charge on any atom is 0.0106 e. The van der Waals surface area contributed by atoms with Gasteiger partial charge in [0.05, 0.1) is 0 Å². The van der Waals surface area contributed by atoms with Gasteiger partial charge >= 0.3 is 0 Å². The van der Waals surface area contributed by atoms with Gasteiger partial charge in [-0.15, -0.1) is 11.8 Å². The van der Waals surface area contributed by atoms with Crippen molar-refractivity contribution in [3.63, 3.8) is 0 Å². The van der Waals surface area contributed by atoms with Crippen molar-refractivity contribution in [3.8, 4) is 0 Å². The normalized spacial score (nSPS) is 10.5. The molecule has 0 aromatic heterocycles. The quantitative estimate of drug-likeness (QED) is 0.521. The maximum absolute atomic E-state index is 3.41. The molecule has 2 nitrogen and oxygen atoms in total. The highest BCUT2D eigenvalue weighted by atomic mass is 32.2. The van der Waals surface area contributed by atoms with E-state index in [4.69, 9.17) is 0 Å².